The van der Waals surface area contributed by atoms with Crippen LogP contribution in [0.25, 0.3) is 0 Å². The van der Waals surface area contributed by atoms with Crippen molar-refractivity contribution in [3.05, 3.63) is 17.3 Å². The van der Waals surface area contributed by atoms with Crippen LogP contribution < -0.4 is 10.0 Å². The topological polar surface area (TPSA) is 71.1 Å². The Morgan fingerprint density at radius 2 is 2.05 bits per heavy atom. The fourth-order valence-electron chi connectivity index (χ4n) is 2.51. The van der Waals surface area contributed by atoms with Crippen molar-refractivity contribution >= 4 is 27.4 Å². The van der Waals surface area contributed by atoms with Gasteiger partial charge in [0.25, 0.3) is 0 Å². The van der Waals surface area contributed by atoms with Crippen LogP contribution in [-0.4, -0.2) is 27.0 Å². The molecule has 0 saturated heterocycles. The summed E-state index contributed by atoms with van der Waals surface area (Å²) in [6, 6.07) is 1.42. The summed E-state index contributed by atoms with van der Waals surface area (Å²) in [7, 11) is -1.88. The lowest BCUT2D eigenvalue weighted by molar-refractivity contribution is 0.336. The van der Waals surface area contributed by atoms with Gasteiger partial charge in [-0.25, -0.2) is 18.1 Å². The van der Waals surface area contributed by atoms with E-state index >= 15 is 0 Å². The van der Waals surface area contributed by atoms with Crippen LogP contribution in [0, 0.1) is 5.41 Å². The molecule has 20 heavy (non-hydrogen) atoms. The Kier molecular flexibility index (Phi) is 4.56. The molecule has 0 radical (unpaired) electrons. The number of rotatable bonds is 5. The maximum atomic E-state index is 12.3. The number of sulfonamides is 1. The molecule has 1 heterocycles. The summed E-state index contributed by atoms with van der Waals surface area (Å²) in [5.74, 6) is 0.466. The Balaban J connectivity index is 2.12. The fourth-order valence-corrected chi connectivity index (χ4v) is 4.00. The maximum absolute atomic E-state index is 12.3. The van der Waals surface area contributed by atoms with Gasteiger partial charge in [0, 0.05) is 19.8 Å². The second-order valence-electron chi connectivity index (χ2n) is 5.59. The third-order valence-electron chi connectivity index (χ3n) is 3.86. The normalized spacial score (nSPS) is 18.1. The van der Waals surface area contributed by atoms with Crippen LogP contribution in [-0.2, 0) is 10.0 Å². The number of anilines is 1. The van der Waals surface area contributed by atoms with Crippen molar-refractivity contribution in [3.8, 4) is 0 Å². The SMILES string of the molecule is CNc1ncc(S(=O)(=O)NCC2(C)CCCC2)cc1Cl. The zero-order chi connectivity index (χ0) is 14.8. The van der Waals surface area contributed by atoms with Crippen molar-refractivity contribution in [1.29, 1.82) is 0 Å². The minimum absolute atomic E-state index is 0.0647. The highest BCUT2D eigenvalue weighted by molar-refractivity contribution is 7.89. The van der Waals surface area contributed by atoms with E-state index in [2.05, 4.69) is 21.9 Å². The van der Waals surface area contributed by atoms with E-state index in [0.717, 1.165) is 12.8 Å². The van der Waals surface area contributed by atoms with Gasteiger partial charge in [-0.1, -0.05) is 31.4 Å². The summed E-state index contributed by atoms with van der Waals surface area (Å²) in [6.45, 7) is 2.58. The molecule has 1 fully saturated rings. The quantitative estimate of drug-likeness (QED) is 0.875. The molecular formula is C13H20ClN3O2S. The van der Waals surface area contributed by atoms with Gasteiger partial charge in [-0.2, -0.15) is 0 Å². The van der Waals surface area contributed by atoms with Gasteiger partial charge in [0.1, 0.15) is 10.7 Å². The van der Waals surface area contributed by atoms with Crippen LogP contribution >= 0.6 is 11.6 Å². The minimum Gasteiger partial charge on any atom is -0.372 e. The molecule has 0 aliphatic heterocycles. The molecule has 2 rings (SSSR count). The summed E-state index contributed by atoms with van der Waals surface area (Å²) >= 11 is 5.97. The average Bonchev–Trinajstić information content (AvgIpc) is 2.84. The number of hydrogen-bond donors (Lipinski definition) is 2. The lowest BCUT2D eigenvalue weighted by Crippen LogP contribution is -2.34. The Hall–Kier alpha value is -0.850. The summed E-state index contributed by atoms with van der Waals surface area (Å²) in [6.07, 6.45) is 5.78. The second kappa shape index (κ2) is 5.87. The predicted octanol–water partition coefficient (Wildman–Crippen LogP) is 2.64. The van der Waals surface area contributed by atoms with Gasteiger partial charge in [0.15, 0.2) is 0 Å². The Labute approximate surface area is 125 Å². The van der Waals surface area contributed by atoms with Crippen molar-refractivity contribution in [2.45, 2.75) is 37.5 Å². The summed E-state index contributed by atoms with van der Waals surface area (Å²) < 4.78 is 27.2. The van der Waals surface area contributed by atoms with Gasteiger partial charge in [-0.3, -0.25) is 0 Å². The second-order valence-corrected chi connectivity index (χ2v) is 7.77. The van der Waals surface area contributed by atoms with E-state index in [9.17, 15) is 8.42 Å². The highest BCUT2D eigenvalue weighted by Crippen LogP contribution is 2.37. The van der Waals surface area contributed by atoms with Gasteiger partial charge in [0.2, 0.25) is 10.0 Å². The van der Waals surface area contributed by atoms with E-state index in [1.807, 2.05) is 0 Å². The van der Waals surface area contributed by atoms with Crippen molar-refractivity contribution in [1.82, 2.24) is 9.71 Å². The first-order valence-corrected chi connectivity index (χ1v) is 8.55. The van der Waals surface area contributed by atoms with Gasteiger partial charge in [-0.05, 0) is 24.3 Å². The van der Waals surface area contributed by atoms with E-state index in [1.165, 1.54) is 25.1 Å². The molecule has 0 aromatic carbocycles. The van der Waals surface area contributed by atoms with Crippen LogP contribution in [0.1, 0.15) is 32.6 Å². The average molecular weight is 318 g/mol. The molecule has 0 amide bonds. The van der Waals surface area contributed by atoms with Crippen LogP contribution in [0.3, 0.4) is 0 Å². The molecule has 1 aliphatic rings. The summed E-state index contributed by atoms with van der Waals surface area (Å²) in [4.78, 5) is 4.10. The molecule has 1 aromatic rings. The van der Waals surface area contributed by atoms with E-state index < -0.39 is 10.0 Å². The van der Waals surface area contributed by atoms with Crippen molar-refractivity contribution < 1.29 is 8.42 Å². The van der Waals surface area contributed by atoms with E-state index in [1.54, 1.807) is 7.05 Å². The van der Waals surface area contributed by atoms with Gasteiger partial charge >= 0.3 is 0 Å². The highest BCUT2D eigenvalue weighted by atomic mass is 35.5. The highest BCUT2D eigenvalue weighted by Gasteiger charge is 2.30. The number of nitrogens with one attached hydrogen (secondary N) is 2. The Morgan fingerprint density at radius 3 is 2.60 bits per heavy atom. The van der Waals surface area contributed by atoms with Crippen molar-refractivity contribution in [2.24, 2.45) is 5.41 Å². The largest absolute Gasteiger partial charge is 0.372 e. The Morgan fingerprint density at radius 1 is 1.40 bits per heavy atom. The standard InChI is InChI=1S/C13H20ClN3O2S/c1-13(5-3-4-6-13)9-17-20(18,19)10-7-11(14)12(15-2)16-8-10/h7-8,17H,3-6,9H2,1-2H3,(H,15,16). The minimum atomic E-state index is -3.56. The molecule has 7 heteroatoms. The predicted molar refractivity (Wildman–Crippen MR) is 80.6 cm³/mol. The molecule has 0 spiro atoms. The number of hydrogen-bond acceptors (Lipinski definition) is 4. The van der Waals surface area contributed by atoms with Crippen LogP contribution in [0.2, 0.25) is 5.02 Å². The number of pyridine rings is 1. The number of halogens is 1. The van der Waals surface area contributed by atoms with Gasteiger partial charge in [-0.15, -0.1) is 0 Å². The molecule has 0 bridgehead atoms. The van der Waals surface area contributed by atoms with Crippen molar-refractivity contribution in [3.63, 3.8) is 0 Å². The van der Waals surface area contributed by atoms with Crippen LogP contribution in [0.15, 0.2) is 17.2 Å². The van der Waals surface area contributed by atoms with Gasteiger partial charge < -0.3 is 5.32 Å². The third kappa shape index (κ3) is 3.42. The van der Waals surface area contributed by atoms with E-state index in [0.29, 0.717) is 17.4 Å². The maximum Gasteiger partial charge on any atom is 0.242 e. The summed E-state index contributed by atoms with van der Waals surface area (Å²) in [5, 5.41) is 3.09. The summed E-state index contributed by atoms with van der Waals surface area (Å²) in [5.41, 5.74) is 0.0647. The number of aromatic nitrogens is 1. The van der Waals surface area contributed by atoms with Crippen molar-refractivity contribution in [2.75, 3.05) is 18.9 Å². The monoisotopic (exact) mass is 317 g/mol. The lowest BCUT2D eigenvalue weighted by atomic mass is 9.89. The molecule has 1 aliphatic carbocycles. The Bertz CT molecular complexity index is 583. The van der Waals surface area contributed by atoms with Gasteiger partial charge in [0.05, 0.1) is 5.02 Å². The first-order valence-electron chi connectivity index (χ1n) is 6.69. The van der Waals surface area contributed by atoms with Crippen LogP contribution in [0.4, 0.5) is 5.82 Å². The molecule has 0 unspecified atom stereocenters. The molecule has 2 N–H and O–H groups in total. The molecule has 0 atom stereocenters. The first-order chi connectivity index (χ1) is 9.36. The molecule has 1 saturated carbocycles. The van der Waals surface area contributed by atoms with Crippen LogP contribution in [0.5, 0.6) is 0 Å². The van der Waals surface area contributed by atoms with E-state index in [-0.39, 0.29) is 10.3 Å². The fraction of sp³-hybridized carbons (Fsp3) is 0.615. The number of nitrogens with zero attached hydrogens (tertiary/aromatic N) is 1. The molecular weight excluding hydrogens is 298 g/mol. The zero-order valence-corrected chi connectivity index (χ0v) is 13.3. The third-order valence-corrected chi connectivity index (χ3v) is 5.52. The van der Waals surface area contributed by atoms with E-state index in [4.69, 9.17) is 11.6 Å². The molecule has 1 aromatic heterocycles. The molecule has 112 valence electrons. The zero-order valence-electron chi connectivity index (χ0n) is 11.7. The smallest absolute Gasteiger partial charge is 0.242 e. The lowest BCUT2D eigenvalue weighted by Gasteiger charge is -2.23. The molecule has 5 nitrogen and oxygen atoms in total. The first kappa shape index (κ1) is 15.5.